The van der Waals surface area contributed by atoms with Crippen LogP contribution in [-0.4, -0.2) is 38.0 Å². The molecule has 2 aromatic rings. The maximum atomic E-state index is 13.9. The van der Waals surface area contributed by atoms with Gasteiger partial charge in [-0.25, -0.2) is 12.8 Å². The maximum Gasteiger partial charge on any atom is 0.262 e. The van der Waals surface area contributed by atoms with E-state index in [-0.39, 0.29) is 16.7 Å². The quantitative estimate of drug-likeness (QED) is 0.846. The lowest BCUT2D eigenvalue weighted by atomic mass is 10.1. The molecule has 0 radical (unpaired) electrons. The molecule has 136 valence electrons. The lowest BCUT2D eigenvalue weighted by molar-refractivity contribution is 0.0662. The molecule has 0 amide bonds. The summed E-state index contributed by atoms with van der Waals surface area (Å²) in [7, 11) is -3.91. The van der Waals surface area contributed by atoms with Gasteiger partial charge in [-0.2, -0.15) is 5.10 Å². The molecule has 0 spiro atoms. The van der Waals surface area contributed by atoms with Crippen LogP contribution in [-0.2, 0) is 14.8 Å². The van der Waals surface area contributed by atoms with E-state index in [1.54, 1.807) is 17.8 Å². The molecule has 1 fully saturated rings. The summed E-state index contributed by atoms with van der Waals surface area (Å²) < 4.78 is 53.3. The van der Waals surface area contributed by atoms with Crippen molar-refractivity contribution in [3.63, 3.8) is 0 Å². The summed E-state index contributed by atoms with van der Waals surface area (Å²) in [5, 5.41) is 4.21. The Labute approximate surface area is 145 Å². The third-order valence-electron chi connectivity index (χ3n) is 3.93. The molecule has 0 saturated carbocycles. The van der Waals surface area contributed by atoms with Gasteiger partial charge in [0.25, 0.3) is 10.0 Å². The van der Waals surface area contributed by atoms with Gasteiger partial charge in [-0.15, -0.1) is 0 Å². The number of rotatable bonds is 6. The van der Waals surface area contributed by atoms with E-state index in [1.807, 2.05) is 0 Å². The van der Waals surface area contributed by atoms with Gasteiger partial charge in [-0.3, -0.25) is 9.40 Å². The number of benzene rings is 1. The van der Waals surface area contributed by atoms with Gasteiger partial charge in [-0.1, -0.05) is 0 Å². The molecule has 0 atom stereocenters. The van der Waals surface area contributed by atoms with Crippen LogP contribution in [0.5, 0.6) is 5.75 Å². The van der Waals surface area contributed by atoms with E-state index in [0.717, 1.165) is 18.9 Å². The number of anilines is 1. The van der Waals surface area contributed by atoms with E-state index >= 15 is 0 Å². The van der Waals surface area contributed by atoms with Gasteiger partial charge < -0.3 is 9.47 Å². The van der Waals surface area contributed by atoms with Gasteiger partial charge in [0.2, 0.25) is 0 Å². The molecule has 1 aromatic heterocycles. The summed E-state index contributed by atoms with van der Waals surface area (Å²) in [5.74, 6) is -0.698. The van der Waals surface area contributed by atoms with E-state index in [4.69, 9.17) is 9.47 Å². The summed E-state index contributed by atoms with van der Waals surface area (Å²) >= 11 is 0. The van der Waals surface area contributed by atoms with E-state index < -0.39 is 15.8 Å². The molecule has 3 rings (SSSR count). The maximum absolute atomic E-state index is 13.9. The van der Waals surface area contributed by atoms with Gasteiger partial charge >= 0.3 is 0 Å². The van der Waals surface area contributed by atoms with E-state index in [2.05, 4.69) is 9.82 Å². The van der Waals surface area contributed by atoms with Gasteiger partial charge in [-0.05, 0) is 38.0 Å². The SMILES string of the molecule is CCOc1ccc(S(=O)(=O)Nc2cnn(C3CCOCC3)c2)cc1F. The molecule has 1 aliphatic rings. The normalized spacial score (nSPS) is 15.9. The molecule has 0 aliphatic carbocycles. The first-order chi connectivity index (χ1) is 12.0. The van der Waals surface area contributed by atoms with Crippen LogP contribution in [0, 0.1) is 5.82 Å². The van der Waals surface area contributed by atoms with Crippen LogP contribution in [0.4, 0.5) is 10.1 Å². The first-order valence-electron chi connectivity index (χ1n) is 8.06. The van der Waals surface area contributed by atoms with Crippen molar-refractivity contribution in [3.05, 3.63) is 36.4 Å². The number of hydrogen-bond donors (Lipinski definition) is 1. The highest BCUT2D eigenvalue weighted by Crippen LogP contribution is 2.25. The Balaban J connectivity index is 1.75. The Hall–Kier alpha value is -2.13. The number of ether oxygens (including phenoxy) is 2. The average molecular weight is 369 g/mol. The first kappa shape index (κ1) is 17.7. The van der Waals surface area contributed by atoms with Crippen molar-refractivity contribution in [1.29, 1.82) is 0 Å². The van der Waals surface area contributed by atoms with Gasteiger partial charge in [0.15, 0.2) is 11.6 Å². The first-order valence-corrected chi connectivity index (χ1v) is 9.55. The topological polar surface area (TPSA) is 82.5 Å². The predicted octanol–water partition coefficient (Wildman–Crippen LogP) is 2.57. The lowest BCUT2D eigenvalue weighted by Crippen LogP contribution is -2.19. The van der Waals surface area contributed by atoms with Crippen molar-refractivity contribution >= 4 is 15.7 Å². The fraction of sp³-hybridized carbons (Fsp3) is 0.438. The number of sulfonamides is 1. The molecule has 1 N–H and O–H groups in total. The molecule has 0 unspecified atom stereocenters. The second-order valence-electron chi connectivity index (χ2n) is 5.68. The van der Waals surface area contributed by atoms with Crippen molar-refractivity contribution in [2.75, 3.05) is 24.5 Å². The predicted molar refractivity (Wildman–Crippen MR) is 89.7 cm³/mol. The smallest absolute Gasteiger partial charge is 0.262 e. The zero-order valence-corrected chi connectivity index (χ0v) is 14.6. The van der Waals surface area contributed by atoms with Crippen LogP contribution in [0.3, 0.4) is 0 Å². The van der Waals surface area contributed by atoms with Crippen LogP contribution in [0.1, 0.15) is 25.8 Å². The molecule has 2 heterocycles. The molecule has 1 saturated heterocycles. The minimum atomic E-state index is -3.91. The fourth-order valence-corrected chi connectivity index (χ4v) is 3.71. The highest BCUT2D eigenvalue weighted by atomic mass is 32.2. The summed E-state index contributed by atoms with van der Waals surface area (Å²) in [4.78, 5) is -0.174. The Morgan fingerprint density at radius 3 is 2.84 bits per heavy atom. The van der Waals surface area contributed by atoms with Crippen LogP contribution in [0.15, 0.2) is 35.5 Å². The Bertz CT molecular complexity index is 832. The third-order valence-corrected chi connectivity index (χ3v) is 5.31. The average Bonchev–Trinajstić information content (AvgIpc) is 3.05. The summed E-state index contributed by atoms with van der Waals surface area (Å²) in [6.07, 6.45) is 4.74. The third kappa shape index (κ3) is 4.10. The highest BCUT2D eigenvalue weighted by Gasteiger charge is 2.20. The lowest BCUT2D eigenvalue weighted by Gasteiger charge is -2.22. The largest absolute Gasteiger partial charge is 0.491 e. The van der Waals surface area contributed by atoms with Crippen molar-refractivity contribution in [1.82, 2.24) is 9.78 Å². The minimum absolute atomic E-state index is 0.0220. The van der Waals surface area contributed by atoms with Crippen molar-refractivity contribution in [3.8, 4) is 5.75 Å². The van der Waals surface area contributed by atoms with Crippen LogP contribution < -0.4 is 9.46 Å². The van der Waals surface area contributed by atoms with Crippen LogP contribution in [0.2, 0.25) is 0 Å². The summed E-state index contributed by atoms with van der Waals surface area (Å²) in [6, 6.07) is 3.74. The van der Waals surface area contributed by atoms with Crippen LogP contribution in [0.25, 0.3) is 0 Å². The van der Waals surface area contributed by atoms with E-state index in [9.17, 15) is 12.8 Å². The molecule has 7 nitrogen and oxygen atoms in total. The molecular formula is C16H20FN3O4S. The molecule has 0 bridgehead atoms. The zero-order chi connectivity index (χ0) is 17.9. The minimum Gasteiger partial charge on any atom is -0.491 e. The number of aromatic nitrogens is 2. The standard InChI is InChI=1S/C16H20FN3O4S/c1-2-24-16-4-3-14(9-15(16)17)25(21,22)19-12-10-18-20(11-12)13-5-7-23-8-6-13/h3-4,9-11,13,19H,2,5-8H2,1H3. The second kappa shape index (κ2) is 7.40. The number of nitrogens with one attached hydrogen (secondary N) is 1. The van der Waals surface area contributed by atoms with Crippen LogP contribution >= 0.6 is 0 Å². The number of hydrogen-bond acceptors (Lipinski definition) is 5. The zero-order valence-electron chi connectivity index (χ0n) is 13.8. The molecule has 1 aliphatic heterocycles. The molecule has 9 heteroatoms. The number of nitrogens with zero attached hydrogens (tertiary/aromatic N) is 2. The molecular weight excluding hydrogens is 349 g/mol. The fourth-order valence-electron chi connectivity index (χ4n) is 2.68. The van der Waals surface area contributed by atoms with Crippen molar-refractivity contribution in [2.45, 2.75) is 30.7 Å². The summed E-state index contributed by atoms with van der Waals surface area (Å²) in [5.41, 5.74) is 0.334. The number of halogens is 1. The van der Waals surface area contributed by atoms with Crippen molar-refractivity contribution in [2.24, 2.45) is 0 Å². The summed E-state index contributed by atoms with van der Waals surface area (Å²) in [6.45, 7) is 3.35. The van der Waals surface area contributed by atoms with Gasteiger partial charge in [0, 0.05) is 19.4 Å². The highest BCUT2D eigenvalue weighted by molar-refractivity contribution is 7.92. The van der Waals surface area contributed by atoms with Gasteiger partial charge in [0.1, 0.15) is 0 Å². The van der Waals surface area contributed by atoms with Gasteiger partial charge in [0.05, 0.1) is 29.4 Å². The second-order valence-corrected chi connectivity index (χ2v) is 7.37. The van der Waals surface area contributed by atoms with E-state index in [1.165, 1.54) is 18.3 Å². The van der Waals surface area contributed by atoms with Crippen molar-refractivity contribution < 1.29 is 22.3 Å². The molecule has 1 aromatic carbocycles. The Kier molecular flexibility index (Phi) is 5.24. The Morgan fingerprint density at radius 2 is 2.16 bits per heavy atom. The Morgan fingerprint density at radius 1 is 1.40 bits per heavy atom. The monoisotopic (exact) mass is 369 g/mol. The van der Waals surface area contributed by atoms with E-state index in [0.29, 0.717) is 25.5 Å². The molecule has 25 heavy (non-hydrogen) atoms.